The van der Waals surface area contributed by atoms with E-state index in [9.17, 15) is 10.1 Å². The Morgan fingerprint density at radius 3 is 3.00 bits per heavy atom. The van der Waals surface area contributed by atoms with Crippen LogP contribution in [0.15, 0.2) is 24.5 Å². The van der Waals surface area contributed by atoms with Crippen LogP contribution in [0.25, 0.3) is 11.0 Å². The van der Waals surface area contributed by atoms with Crippen molar-refractivity contribution >= 4 is 16.9 Å². The zero-order valence-electron chi connectivity index (χ0n) is 10.8. The number of benzene rings is 1. The lowest BCUT2D eigenvalue weighted by atomic mass is 9.91. The van der Waals surface area contributed by atoms with Crippen molar-refractivity contribution < 1.29 is 9.53 Å². The minimum absolute atomic E-state index is 0.245. The maximum Gasteiger partial charge on any atom is 0.252 e. The maximum atomic E-state index is 12.3. The molecule has 0 saturated carbocycles. The predicted molar refractivity (Wildman–Crippen MR) is 72.0 cm³/mol. The van der Waals surface area contributed by atoms with E-state index in [1.165, 1.54) is 0 Å². The summed E-state index contributed by atoms with van der Waals surface area (Å²) in [7, 11) is 0. The number of fused-ring (bicyclic) bond motifs is 1. The molecule has 0 aliphatic carbocycles. The summed E-state index contributed by atoms with van der Waals surface area (Å²) < 4.78 is 5.25. The van der Waals surface area contributed by atoms with Gasteiger partial charge in [0.1, 0.15) is 5.54 Å². The van der Waals surface area contributed by atoms with E-state index in [2.05, 4.69) is 21.4 Å². The van der Waals surface area contributed by atoms with Crippen molar-refractivity contribution in [2.45, 2.75) is 18.4 Å². The zero-order chi connectivity index (χ0) is 14.0. The van der Waals surface area contributed by atoms with Gasteiger partial charge in [0.15, 0.2) is 0 Å². The van der Waals surface area contributed by atoms with Crippen LogP contribution in [0.1, 0.15) is 23.2 Å². The number of nitrogens with one attached hydrogen (secondary N) is 2. The highest BCUT2D eigenvalue weighted by molar-refractivity contribution is 5.97. The van der Waals surface area contributed by atoms with E-state index in [1.54, 1.807) is 24.5 Å². The number of nitriles is 1. The summed E-state index contributed by atoms with van der Waals surface area (Å²) in [5.74, 6) is -0.245. The Balaban J connectivity index is 1.83. The lowest BCUT2D eigenvalue weighted by molar-refractivity contribution is 0.0531. The van der Waals surface area contributed by atoms with Gasteiger partial charge >= 0.3 is 0 Å². The number of hydrogen-bond donors (Lipinski definition) is 2. The molecule has 0 unspecified atom stereocenters. The second kappa shape index (κ2) is 4.94. The van der Waals surface area contributed by atoms with E-state index in [0.29, 0.717) is 31.6 Å². The molecule has 0 bridgehead atoms. The molecule has 0 atom stereocenters. The molecule has 1 aliphatic heterocycles. The van der Waals surface area contributed by atoms with Crippen LogP contribution < -0.4 is 5.32 Å². The van der Waals surface area contributed by atoms with Crippen LogP contribution >= 0.6 is 0 Å². The van der Waals surface area contributed by atoms with E-state index in [4.69, 9.17) is 4.74 Å². The molecule has 0 radical (unpaired) electrons. The minimum Gasteiger partial charge on any atom is -0.381 e. The zero-order valence-corrected chi connectivity index (χ0v) is 10.8. The number of ether oxygens (including phenoxy) is 1. The first-order chi connectivity index (χ1) is 9.72. The summed E-state index contributed by atoms with van der Waals surface area (Å²) in [6.45, 7) is 0.987. The molecular formula is C14H14N4O2. The number of imidazole rings is 1. The summed E-state index contributed by atoms with van der Waals surface area (Å²) in [5.41, 5.74) is 1.30. The third-order valence-corrected chi connectivity index (χ3v) is 3.60. The smallest absolute Gasteiger partial charge is 0.252 e. The van der Waals surface area contributed by atoms with Gasteiger partial charge in [-0.1, -0.05) is 0 Å². The Bertz CT molecular complexity index is 680. The van der Waals surface area contributed by atoms with E-state index < -0.39 is 5.54 Å². The van der Waals surface area contributed by atoms with Crippen molar-refractivity contribution in [1.29, 1.82) is 5.26 Å². The van der Waals surface area contributed by atoms with Gasteiger partial charge in [-0.25, -0.2) is 4.98 Å². The van der Waals surface area contributed by atoms with E-state index in [-0.39, 0.29) is 5.91 Å². The van der Waals surface area contributed by atoms with Crippen molar-refractivity contribution in [3.8, 4) is 6.07 Å². The minimum atomic E-state index is -0.821. The van der Waals surface area contributed by atoms with Crippen molar-refractivity contribution in [3.63, 3.8) is 0 Å². The molecule has 102 valence electrons. The fraction of sp³-hybridized carbons (Fsp3) is 0.357. The molecule has 6 nitrogen and oxygen atoms in total. The molecule has 1 amide bonds. The van der Waals surface area contributed by atoms with Gasteiger partial charge in [-0.2, -0.15) is 5.26 Å². The number of aromatic nitrogens is 2. The van der Waals surface area contributed by atoms with Crippen LogP contribution in [0.4, 0.5) is 0 Å². The average Bonchev–Trinajstić information content (AvgIpc) is 2.95. The summed E-state index contributed by atoms with van der Waals surface area (Å²) in [5, 5.41) is 12.2. The van der Waals surface area contributed by atoms with Gasteiger partial charge in [-0.15, -0.1) is 0 Å². The van der Waals surface area contributed by atoms with Crippen molar-refractivity contribution in [2.24, 2.45) is 0 Å². The Morgan fingerprint density at radius 2 is 2.25 bits per heavy atom. The van der Waals surface area contributed by atoms with Crippen LogP contribution in [-0.2, 0) is 4.74 Å². The van der Waals surface area contributed by atoms with Gasteiger partial charge in [0.05, 0.1) is 23.4 Å². The number of rotatable bonds is 2. The highest BCUT2D eigenvalue weighted by atomic mass is 16.5. The SMILES string of the molecule is N#CC1(NC(=O)c2ccc3nc[nH]c3c2)CCOCC1. The summed E-state index contributed by atoms with van der Waals surface area (Å²) >= 11 is 0. The summed E-state index contributed by atoms with van der Waals surface area (Å²) in [4.78, 5) is 19.4. The Labute approximate surface area is 115 Å². The first kappa shape index (κ1) is 12.6. The summed E-state index contributed by atoms with van der Waals surface area (Å²) in [6.07, 6.45) is 2.62. The second-order valence-electron chi connectivity index (χ2n) is 4.89. The number of carbonyl (C=O) groups is 1. The Morgan fingerprint density at radius 1 is 1.45 bits per heavy atom. The van der Waals surface area contributed by atoms with Crippen LogP contribution in [0, 0.1) is 11.3 Å². The average molecular weight is 270 g/mol. The van der Waals surface area contributed by atoms with E-state index in [1.807, 2.05) is 0 Å². The molecule has 1 aromatic carbocycles. The molecule has 20 heavy (non-hydrogen) atoms. The van der Waals surface area contributed by atoms with Gasteiger partial charge in [0.25, 0.3) is 5.91 Å². The molecule has 1 saturated heterocycles. The molecule has 2 N–H and O–H groups in total. The van der Waals surface area contributed by atoms with Gasteiger partial charge < -0.3 is 15.0 Å². The number of nitrogens with zero attached hydrogens (tertiary/aromatic N) is 2. The molecule has 1 aliphatic rings. The third-order valence-electron chi connectivity index (χ3n) is 3.60. The second-order valence-corrected chi connectivity index (χ2v) is 4.89. The van der Waals surface area contributed by atoms with Crippen LogP contribution in [0.2, 0.25) is 0 Å². The third kappa shape index (κ3) is 2.24. The molecule has 0 spiro atoms. The Hall–Kier alpha value is -2.39. The fourth-order valence-corrected chi connectivity index (χ4v) is 2.35. The van der Waals surface area contributed by atoms with Gasteiger partial charge in [-0.3, -0.25) is 4.79 Å². The largest absolute Gasteiger partial charge is 0.381 e. The predicted octanol–water partition coefficient (Wildman–Crippen LogP) is 1.37. The van der Waals surface area contributed by atoms with Crippen LogP contribution in [-0.4, -0.2) is 34.6 Å². The van der Waals surface area contributed by atoms with Crippen LogP contribution in [0.3, 0.4) is 0 Å². The molecule has 1 aromatic heterocycles. The molecule has 2 aromatic rings. The van der Waals surface area contributed by atoms with Gasteiger partial charge in [0.2, 0.25) is 0 Å². The van der Waals surface area contributed by atoms with Crippen molar-refractivity contribution in [3.05, 3.63) is 30.1 Å². The van der Waals surface area contributed by atoms with E-state index >= 15 is 0 Å². The first-order valence-corrected chi connectivity index (χ1v) is 6.47. The van der Waals surface area contributed by atoms with Crippen LogP contribution in [0.5, 0.6) is 0 Å². The highest BCUT2D eigenvalue weighted by Crippen LogP contribution is 2.21. The van der Waals surface area contributed by atoms with Gasteiger partial charge in [-0.05, 0) is 18.2 Å². The molecule has 1 fully saturated rings. The number of carbonyl (C=O) groups excluding carboxylic acids is 1. The number of amides is 1. The first-order valence-electron chi connectivity index (χ1n) is 6.47. The van der Waals surface area contributed by atoms with E-state index in [0.717, 1.165) is 11.0 Å². The lowest BCUT2D eigenvalue weighted by Crippen LogP contribution is -2.50. The molecule has 2 heterocycles. The number of hydrogen-bond acceptors (Lipinski definition) is 4. The topological polar surface area (TPSA) is 90.8 Å². The highest BCUT2D eigenvalue weighted by Gasteiger charge is 2.34. The monoisotopic (exact) mass is 270 g/mol. The van der Waals surface area contributed by atoms with Crippen molar-refractivity contribution in [2.75, 3.05) is 13.2 Å². The van der Waals surface area contributed by atoms with Crippen molar-refractivity contribution in [1.82, 2.24) is 15.3 Å². The molecular weight excluding hydrogens is 256 g/mol. The fourth-order valence-electron chi connectivity index (χ4n) is 2.35. The normalized spacial score (nSPS) is 17.6. The molecule has 6 heteroatoms. The summed E-state index contributed by atoms with van der Waals surface area (Å²) in [6, 6.07) is 7.45. The quantitative estimate of drug-likeness (QED) is 0.862. The number of aromatic amines is 1. The number of H-pyrrole nitrogens is 1. The lowest BCUT2D eigenvalue weighted by Gasteiger charge is -2.31. The standard InChI is InChI=1S/C14H14N4O2/c15-8-14(3-5-20-6-4-14)18-13(19)10-1-2-11-12(7-10)17-9-16-11/h1-2,7,9H,3-6H2,(H,16,17)(H,18,19). The molecule has 3 rings (SSSR count). The Kier molecular flexibility index (Phi) is 3.12. The maximum absolute atomic E-state index is 12.3. The van der Waals surface area contributed by atoms with Gasteiger partial charge in [0, 0.05) is 31.6 Å².